The standard InChI is InChI=1S/C21H34N2O2/c1-14-11-15(20(2,3)4)12-16-17(9-8-10-25-18(14)16)23-13-21(5,6)19(24)22-7/h11-12,17,23H,8-10,13H2,1-7H3,(H,22,24)/t17-/m0/s1. The van der Waals surface area contributed by atoms with Crippen molar-refractivity contribution in [1.29, 1.82) is 0 Å². The molecule has 1 aromatic rings. The molecule has 0 fully saturated rings. The predicted octanol–water partition coefficient (Wildman–Crippen LogP) is 3.87. The zero-order chi connectivity index (χ0) is 18.8. The van der Waals surface area contributed by atoms with Gasteiger partial charge in [-0.1, -0.05) is 26.8 Å². The molecule has 0 spiro atoms. The van der Waals surface area contributed by atoms with Gasteiger partial charge in [0.1, 0.15) is 5.75 Å². The molecule has 4 nitrogen and oxygen atoms in total. The number of hydrogen-bond acceptors (Lipinski definition) is 3. The van der Waals surface area contributed by atoms with E-state index >= 15 is 0 Å². The predicted molar refractivity (Wildman–Crippen MR) is 103 cm³/mol. The number of fused-ring (bicyclic) bond motifs is 1. The minimum absolute atomic E-state index is 0.0599. The van der Waals surface area contributed by atoms with E-state index in [1.54, 1.807) is 7.05 Å². The number of aryl methyl sites for hydroxylation is 1. The monoisotopic (exact) mass is 346 g/mol. The highest BCUT2D eigenvalue weighted by Crippen LogP contribution is 2.38. The van der Waals surface area contributed by atoms with Crippen LogP contribution in [0.2, 0.25) is 0 Å². The molecule has 0 unspecified atom stereocenters. The highest BCUT2D eigenvalue weighted by Gasteiger charge is 2.30. The molecular weight excluding hydrogens is 312 g/mol. The third kappa shape index (κ3) is 4.55. The van der Waals surface area contributed by atoms with Gasteiger partial charge in [-0.15, -0.1) is 0 Å². The fourth-order valence-corrected chi connectivity index (χ4v) is 3.32. The van der Waals surface area contributed by atoms with Crippen molar-refractivity contribution in [2.24, 2.45) is 5.41 Å². The Morgan fingerprint density at radius 1 is 1.24 bits per heavy atom. The molecule has 0 aliphatic carbocycles. The molecule has 0 radical (unpaired) electrons. The van der Waals surface area contributed by atoms with Crippen LogP contribution in [0.4, 0.5) is 0 Å². The van der Waals surface area contributed by atoms with Crippen LogP contribution in [-0.2, 0) is 10.2 Å². The Morgan fingerprint density at radius 2 is 1.92 bits per heavy atom. The molecule has 2 N–H and O–H groups in total. The molecular formula is C21H34N2O2. The normalized spacial score (nSPS) is 18.1. The molecule has 1 amide bonds. The molecule has 25 heavy (non-hydrogen) atoms. The van der Waals surface area contributed by atoms with Gasteiger partial charge < -0.3 is 15.4 Å². The average molecular weight is 347 g/mol. The lowest BCUT2D eigenvalue weighted by Gasteiger charge is -2.29. The van der Waals surface area contributed by atoms with Crippen LogP contribution in [0.5, 0.6) is 5.75 Å². The molecule has 0 saturated heterocycles. The summed E-state index contributed by atoms with van der Waals surface area (Å²) in [6, 6.07) is 4.75. The molecule has 0 bridgehead atoms. The van der Waals surface area contributed by atoms with Gasteiger partial charge in [0.25, 0.3) is 0 Å². The van der Waals surface area contributed by atoms with Gasteiger partial charge in [-0.25, -0.2) is 0 Å². The molecule has 4 heteroatoms. The van der Waals surface area contributed by atoms with Gasteiger partial charge in [0, 0.05) is 25.2 Å². The largest absolute Gasteiger partial charge is 0.493 e. The Morgan fingerprint density at radius 3 is 2.52 bits per heavy atom. The number of rotatable bonds is 4. The van der Waals surface area contributed by atoms with E-state index in [-0.39, 0.29) is 17.4 Å². The lowest BCUT2D eigenvalue weighted by molar-refractivity contribution is -0.128. The third-order valence-electron chi connectivity index (χ3n) is 5.06. The maximum atomic E-state index is 12.1. The van der Waals surface area contributed by atoms with Crippen LogP contribution in [0.3, 0.4) is 0 Å². The smallest absolute Gasteiger partial charge is 0.226 e. The number of benzene rings is 1. The SMILES string of the molecule is CNC(=O)C(C)(C)CN[C@H]1CCCOc2c(C)cc(C(C)(C)C)cc21. The van der Waals surface area contributed by atoms with Crippen LogP contribution in [0.1, 0.15) is 70.2 Å². The second-order valence-electron chi connectivity index (χ2n) is 8.85. The van der Waals surface area contributed by atoms with E-state index in [1.807, 2.05) is 13.8 Å². The van der Waals surface area contributed by atoms with Crippen molar-refractivity contribution in [1.82, 2.24) is 10.6 Å². The van der Waals surface area contributed by atoms with Crippen molar-refractivity contribution < 1.29 is 9.53 Å². The molecule has 140 valence electrons. The van der Waals surface area contributed by atoms with Gasteiger partial charge in [-0.05, 0) is 56.2 Å². The first-order valence-electron chi connectivity index (χ1n) is 9.29. The van der Waals surface area contributed by atoms with Crippen molar-refractivity contribution in [3.63, 3.8) is 0 Å². The first kappa shape index (κ1) is 19.8. The van der Waals surface area contributed by atoms with Gasteiger partial charge in [0.2, 0.25) is 5.91 Å². The Kier molecular flexibility index (Phi) is 5.82. The lowest BCUT2D eigenvalue weighted by Crippen LogP contribution is -2.43. The lowest BCUT2D eigenvalue weighted by atomic mass is 9.83. The van der Waals surface area contributed by atoms with Crippen molar-refractivity contribution in [2.75, 3.05) is 20.2 Å². The molecule has 1 aliphatic rings. The molecule has 1 aromatic carbocycles. The van der Waals surface area contributed by atoms with Gasteiger partial charge in [-0.3, -0.25) is 4.79 Å². The second-order valence-corrected chi connectivity index (χ2v) is 8.85. The minimum atomic E-state index is -0.446. The van der Waals surface area contributed by atoms with Crippen molar-refractivity contribution in [3.05, 3.63) is 28.8 Å². The molecule has 0 saturated carbocycles. The quantitative estimate of drug-likeness (QED) is 0.870. The number of ether oxygens (including phenoxy) is 1. The van der Waals surface area contributed by atoms with Crippen molar-refractivity contribution >= 4 is 5.91 Å². The average Bonchev–Trinajstić information content (AvgIpc) is 2.74. The van der Waals surface area contributed by atoms with Crippen LogP contribution in [-0.4, -0.2) is 26.1 Å². The van der Waals surface area contributed by atoms with Gasteiger partial charge >= 0.3 is 0 Å². The number of nitrogens with one attached hydrogen (secondary N) is 2. The van der Waals surface area contributed by atoms with Gasteiger partial charge in [-0.2, -0.15) is 0 Å². The maximum absolute atomic E-state index is 12.1. The van der Waals surface area contributed by atoms with Crippen LogP contribution in [0.15, 0.2) is 12.1 Å². The topological polar surface area (TPSA) is 50.4 Å². The molecule has 1 atom stereocenters. The summed E-state index contributed by atoms with van der Waals surface area (Å²) in [5.41, 5.74) is 3.40. The zero-order valence-electron chi connectivity index (χ0n) is 16.9. The Balaban J connectivity index is 2.33. The summed E-state index contributed by atoms with van der Waals surface area (Å²) in [5.74, 6) is 1.07. The van der Waals surface area contributed by atoms with E-state index in [0.29, 0.717) is 6.54 Å². The fourth-order valence-electron chi connectivity index (χ4n) is 3.32. The Hall–Kier alpha value is -1.55. The summed E-state index contributed by atoms with van der Waals surface area (Å²) in [6.45, 7) is 14.2. The molecule has 1 heterocycles. The number of amides is 1. The zero-order valence-corrected chi connectivity index (χ0v) is 16.9. The number of carbonyl (C=O) groups is 1. The highest BCUT2D eigenvalue weighted by atomic mass is 16.5. The maximum Gasteiger partial charge on any atom is 0.226 e. The summed E-state index contributed by atoms with van der Waals surface area (Å²) >= 11 is 0. The summed E-state index contributed by atoms with van der Waals surface area (Å²) in [6.07, 6.45) is 2.03. The molecule has 0 aromatic heterocycles. The summed E-state index contributed by atoms with van der Waals surface area (Å²) < 4.78 is 6.06. The highest BCUT2D eigenvalue weighted by molar-refractivity contribution is 5.81. The fraction of sp³-hybridized carbons (Fsp3) is 0.667. The minimum Gasteiger partial charge on any atom is -0.493 e. The molecule has 2 rings (SSSR count). The van der Waals surface area contributed by atoms with Crippen LogP contribution in [0, 0.1) is 12.3 Å². The third-order valence-corrected chi connectivity index (χ3v) is 5.06. The second kappa shape index (κ2) is 7.36. The van der Waals surface area contributed by atoms with Gasteiger partial charge in [0.15, 0.2) is 0 Å². The Labute approximate surface area is 152 Å². The van der Waals surface area contributed by atoms with E-state index < -0.39 is 5.41 Å². The summed E-state index contributed by atoms with van der Waals surface area (Å²) in [7, 11) is 1.69. The summed E-state index contributed by atoms with van der Waals surface area (Å²) in [4.78, 5) is 12.1. The first-order valence-corrected chi connectivity index (χ1v) is 9.29. The number of carbonyl (C=O) groups excluding carboxylic acids is 1. The van der Waals surface area contributed by atoms with Crippen LogP contribution < -0.4 is 15.4 Å². The van der Waals surface area contributed by atoms with Gasteiger partial charge in [0.05, 0.1) is 12.0 Å². The van der Waals surface area contributed by atoms with E-state index in [9.17, 15) is 4.79 Å². The van der Waals surface area contributed by atoms with Crippen LogP contribution >= 0.6 is 0 Å². The van der Waals surface area contributed by atoms with Crippen molar-refractivity contribution in [3.8, 4) is 5.75 Å². The number of hydrogen-bond donors (Lipinski definition) is 2. The van der Waals surface area contributed by atoms with E-state index in [2.05, 4.69) is 50.5 Å². The van der Waals surface area contributed by atoms with E-state index in [0.717, 1.165) is 25.2 Å². The Bertz CT molecular complexity index is 630. The van der Waals surface area contributed by atoms with Crippen LogP contribution in [0.25, 0.3) is 0 Å². The summed E-state index contributed by atoms with van der Waals surface area (Å²) in [5, 5.41) is 6.40. The first-order chi connectivity index (χ1) is 11.6. The molecule has 1 aliphatic heterocycles. The van der Waals surface area contributed by atoms with E-state index in [1.165, 1.54) is 16.7 Å². The van der Waals surface area contributed by atoms with Crippen molar-refractivity contribution in [2.45, 2.75) is 65.8 Å². The van der Waals surface area contributed by atoms with E-state index in [4.69, 9.17) is 4.74 Å².